The Kier molecular flexibility index (Phi) is 4.20. The van der Waals surface area contributed by atoms with Crippen LogP contribution in [-0.4, -0.2) is 44.4 Å². The summed E-state index contributed by atoms with van der Waals surface area (Å²) in [6, 6.07) is 9.61. The van der Waals surface area contributed by atoms with Gasteiger partial charge in [0.2, 0.25) is 5.91 Å². The predicted molar refractivity (Wildman–Crippen MR) is 99.6 cm³/mol. The Bertz CT molecular complexity index is 1050. The molecule has 0 aliphatic carbocycles. The van der Waals surface area contributed by atoms with E-state index in [4.69, 9.17) is 0 Å². The van der Waals surface area contributed by atoms with Crippen molar-refractivity contribution in [1.82, 2.24) is 24.9 Å². The topological polar surface area (TPSA) is 99.7 Å². The lowest BCUT2D eigenvalue weighted by atomic mass is 9.95. The lowest BCUT2D eigenvalue weighted by Gasteiger charge is -2.24. The van der Waals surface area contributed by atoms with Crippen molar-refractivity contribution in [3.8, 4) is 6.07 Å². The van der Waals surface area contributed by atoms with Crippen LogP contribution in [0.2, 0.25) is 0 Å². The average molecular weight is 361 g/mol. The summed E-state index contributed by atoms with van der Waals surface area (Å²) in [5, 5.41) is 26.0. The number of carbonyl (C=O) groups is 1. The molecule has 2 aromatic heterocycles. The molecular formula is C19H19N7O. The second kappa shape index (κ2) is 6.68. The molecular weight excluding hydrogens is 342 g/mol. The van der Waals surface area contributed by atoms with E-state index in [0.717, 1.165) is 16.5 Å². The zero-order valence-electron chi connectivity index (χ0n) is 15.1. The molecule has 1 aliphatic rings. The zero-order valence-corrected chi connectivity index (χ0v) is 15.1. The Balaban J connectivity index is 1.64. The first kappa shape index (κ1) is 17.0. The summed E-state index contributed by atoms with van der Waals surface area (Å²) in [6.45, 7) is 0.542. The molecule has 0 radical (unpaired) electrons. The first-order chi connectivity index (χ1) is 13.1. The quantitative estimate of drug-likeness (QED) is 0.761. The van der Waals surface area contributed by atoms with Crippen molar-refractivity contribution in [2.75, 3.05) is 18.9 Å². The number of hydrogen-bond acceptors (Lipinski definition) is 6. The summed E-state index contributed by atoms with van der Waals surface area (Å²) < 4.78 is 1.74. The number of nitrogens with zero attached hydrogens (tertiary/aromatic N) is 6. The van der Waals surface area contributed by atoms with Gasteiger partial charge in [-0.15, -0.1) is 10.2 Å². The smallest absolute Gasteiger partial charge is 0.223 e. The molecule has 1 N–H and O–H groups in total. The number of rotatable bonds is 4. The molecule has 8 nitrogen and oxygen atoms in total. The van der Waals surface area contributed by atoms with Gasteiger partial charge >= 0.3 is 0 Å². The molecule has 136 valence electrons. The van der Waals surface area contributed by atoms with Crippen LogP contribution >= 0.6 is 0 Å². The van der Waals surface area contributed by atoms with E-state index in [1.807, 2.05) is 44.6 Å². The Labute approximate surface area is 156 Å². The minimum absolute atomic E-state index is 0.0507. The van der Waals surface area contributed by atoms with Crippen molar-refractivity contribution >= 4 is 22.5 Å². The largest absolute Gasteiger partial charge is 0.382 e. The number of likely N-dealkylation sites (tertiary alicyclic amines) is 1. The van der Waals surface area contributed by atoms with Crippen LogP contribution in [0.15, 0.2) is 36.7 Å². The van der Waals surface area contributed by atoms with Gasteiger partial charge in [-0.3, -0.25) is 9.48 Å². The van der Waals surface area contributed by atoms with Gasteiger partial charge in [-0.05, 0) is 6.07 Å². The Morgan fingerprint density at radius 2 is 2.11 bits per heavy atom. The summed E-state index contributed by atoms with van der Waals surface area (Å²) in [7, 11) is 3.69. The molecule has 27 heavy (non-hydrogen) atoms. The highest BCUT2D eigenvalue weighted by Gasteiger charge is 2.39. The fourth-order valence-corrected chi connectivity index (χ4v) is 3.77. The van der Waals surface area contributed by atoms with Crippen LogP contribution in [0.5, 0.6) is 0 Å². The molecule has 0 bridgehead atoms. The SMILES string of the molecule is CN1C(=O)C[C@@H](CNc2c(C#N)nnc3ccccc23)[C@@H]1c1cnn(C)c1. The van der Waals surface area contributed by atoms with Crippen molar-refractivity contribution in [3.63, 3.8) is 0 Å². The van der Waals surface area contributed by atoms with Crippen LogP contribution in [0.4, 0.5) is 5.69 Å². The number of fused-ring (bicyclic) bond motifs is 1. The maximum absolute atomic E-state index is 12.3. The van der Waals surface area contributed by atoms with E-state index in [0.29, 0.717) is 18.7 Å². The van der Waals surface area contributed by atoms with Gasteiger partial charge in [0, 0.05) is 50.1 Å². The van der Waals surface area contributed by atoms with Crippen molar-refractivity contribution < 1.29 is 4.79 Å². The van der Waals surface area contributed by atoms with Gasteiger partial charge in [0.1, 0.15) is 6.07 Å². The van der Waals surface area contributed by atoms with Crippen LogP contribution in [-0.2, 0) is 11.8 Å². The molecule has 4 rings (SSSR count). The maximum atomic E-state index is 12.3. The van der Waals surface area contributed by atoms with Crippen LogP contribution in [0.1, 0.15) is 23.7 Å². The van der Waals surface area contributed by atoms with Gasteiger partial charge in [-0.2, -0.15) is 10.4 Å². The van der Waals surface area contributed by atoms with E-state index in [-0.39, 0.29) is 23.6 Å². The Morgan fingerprint density at radius 1 is 1.30 bits per heavy atom. The minimum Gasteiger partial charge on any atom is -0.382 e. The summed E-state index contributed by atoms with van der Waals surface area (Å²) in [6.07, 6.45) is 4.19. The first-order valence-corrected chi connectivity index (χ1v) is 8.72. The van der Waals surface area contributed by atoms with Crippen LogP contribution < -0.4 is 5.32 Å². The van der Waals surface area contributed by atoms with E-state index >= 15 is 0 Å². The third-order valence-corrected chi connectivity index (χ3v) is 5.08. The van der Waals surface area contributed by atoms with Gasteiger partial charge in [0.15, 0.2) is 5.69 Å². The molecule has 0 unspecified atom stereocenters. The van der Waals surface area contributed by atoms with Gasteiger partial charge < -0.3 is 10.2 Å². The standard InChI is InChI=1S/C19H19N7O/c1-25-11-13(10-22-25)19-12(7-17(27)26(19)2)9-21-18-14-5-3-4-6-15(14)23-24-16(18)8-20/h3-6,10-12,19H,7,9H2,1-2H3,(H,21,23)/t12-,19+/m0/s1. The van der Waals surface area contributed by atoms with E-state index in [2.05, 4.69) is 26.7 Å². The number of amides is 1. The maximum Gasteiger partial charge on any atom is 0.223 e. The van der Waals surface area contributed by atoms with E-state index in [1.54, 1.807) is 15.8 Å². The number of hydrogen-bond donors (Lipinski definition) is 1. The number of aryl methyl sites for hydroxylation is 1. The van der Waals surface area contributed by atoms with E-state index < -0.39 is 0 Å². The normalized spacial score (nSPS) is 19.4. The molecule has 3 aromatic rings. The molecule has 1 aromatic carbocycles. The molecule has 8 heteroatoms. The molecule has 3 heterocycles. The van der Waals surface area contributed by atoms with Crippen LogP contribution in [0, 0.1) is 17.2 Å². The van der Waals surface area contributed by atoms with Gasteiger partial charge in [0.05, 0.1) is 23.4 Å². The van der Waals surface area contributed by atoms with E-state index in [9.17, 15) is 10.1 Å². The summed E-state index contributed by atoms with van der Waals surface area (Å²) >= 11 is 0. The second-order valence-electron chi connectivity index (χ2n) is 6.79. The second-order valence-corrected chi connectivity index (χ2v) is 6.79. The van der Waals surface area contributed by atoms with Crippen molar-refractivity contribution in [1.29, 1.82) is 5.26 Å². The molecule has 1 amide bonds. The minimum atomic E-state index is -0.0507. The summed E-state index contributed by atoms with van der Waals surface area (Å²) in [5.41, 5.74) is 2.65. The van der Waals surface area contributed by atoms with Gasteiger partial charge in [-0.1, -0.05) is 18.2 Å². The monoisotopic (exact) mass is 361 g/mol. The van der Waals surface area contributed by atoms with Crippen molar-refractivity contribution in [3.05, 3.63) is 47.9 Å². The van der Waals surface area contributed by atoms with Crippen LogP contribution in [0.25, 0.3) is 10.9 Å². The number of nitrogens with one attached hydrogen (secondary N) is 1. The van der Waals surface area contributed by atoms with Crippen molar-refractivity contribution in [2.45, 2.75) is 12.5 Å². The van der Waals surface area contributed by atoms with Gasteiger partial charge in [0.25, 0.3) is 0 Å². The number of carbonyl (C=O) groups excluding carboxylic acids is 1. The number of benzene rings is 1. The lowest BCUT2D eigenvalue weighted by molar-refractivity contribution is -0.127. The number of anilines is 1. The molecule has 2 atom stereocenters. The summed E-state index contributed by atoms with van der Waals surface area (Å²) in [4.78, 5) is 14.1. The van der Waals surface area contributed by atoms with E-state index in [1.165, 1.54) is 0 Å². The molecule has 0 saturated carbocycles. The third kappa shape index (κ3) is 2.97. The average Bonchev–Trinajstić information content (AvgIpc) is 3.22. The lowest BCUT2D eigenvalue weighted by Crippen LogP contribution is -2.26. The zero-order chi connectivity index (χ0) is 19.0. The Hall–Kier alpha value is -3.47. The highest BCUT2D eigenvalue weighted by molar-refractivity contribution is 5.92. The fourth-order valence-electron chi connectivity index (χ4n) is 3.77. The third-order valence-electron chi connectivity index (χ3n) is 5.08. The van der Waals surface area contributed by atoms with Crippen molar-refractivity contribution in [2.24, 2.45) is 13.0 Å². The molecule has 1 aliphatic heterocycles. The number of aromatic nitrogens is 4. The highest BCUT2D eigenvalue weighted by atomic mass is 16.2. The molecule has 0 spiro atoms. The van der Waals surface area contributed by atoms with Gasteiger partial charge in [-0.25, -0.2) is 0 Å². The Morgan fingerprint density at radius 3 is 2.85 bits per heavy atom. The summed E-state index contributed by atoms with van der Waals surface area (Å²) in [5.74, 6) is 0.166. The first-order valence-electron chi connectivity index (χ1n) is 8.72. The highest BCUT2D eigenvalue weighted by Crippen LogP contribution is 2.37. The fraction of sp³-hybridized carbons (Fsp3) is 0.316. The molecule has 1 fully saturated rings. The molecule has 1 saturated heterocycles. The van der Waals surface area contributed by atoms with Crippen LogP contribution in [0.3, 0.4) is 0 Å². The number of nitriles is 1. The predicted octanol–water partition coefficient (Wildman–Crippen LogP) is 1.87.